The first-order valence-corrected chi connectivity index (χ1v) is 21.4. The van der Waals surface area contributed by atoms with Crippen LogP contribution in [0.4, 0.5) is 0 Å². The summed E-state index contributed by atoms with van der Waals surface area (Å²) in [5, 5.41) is -0.798. The summed E-state index contributed by atoms with van der Waals surface area (Å²) in [6.45, 7) is 6.08. The lowest BCUT2D eigenvalue weighted by molar-refractivity contribution is 0.537. The lowest BCUT2D eigenvalue weighted by Crippen LogP contribution is -2.30. The first kappa shape index (κ1) is 40.6. The maximum atomic E-state index is 12.7. The number of unbranched alkanes of at least 4 members (excludes halogenated alkanes) is 23. The molecule has 0 N–H and O–H groups in total. The van der Waals surface area contributed by atoms with Crippen molar-refractivity contribution in [3.05, 3.63) is 12.2 Å². The van der Waals surface area contributed by atoms with E-state index in [9.17, 15) is 16.8 Å². The second-order valence-corrected chi connectivity index (χ2v) is 17.4. The largest absolute Gasteiger partial charge is 0.229 e. The summed E-state index contributed by atoms with van der Waals surface area (Å²) in [6.07, 6.45) is 35.7. The van der Waals surface area contributed by atoms with Gasteiger partial charge in [0.15, 0.2) is 19.7 Å². The number of hydrogen-bond acceptors (Lipinski definition) is 4. The Balaban J connectivity index is 3.75. The van der Waals surface area contributed by atoms with E-state index < -0.39 is 24.9 Å². The van der Waals surface area contributed by atoms with E-state index in [4.69, 9.17) is 0 Å². The molecule has 0 amide bonds. The summed E-state index contributed by atoms with van der Waals surface area (Å²) in [6, 6.07) is 0. The van der Waals surface area contributed by atoms with Gasteiger partial charge in [-0.15, -0.1) is 0 Å². The molecule has 0 bridgehead atoms. The van der Waals surface area contributed by atoms with Crippen LogP contribution in [0.5, 0.6) is 0 Å². The number of hydrogen-bond donors (Lipinski definition) is 0. The summed E-state index contributed by atoms with van der Waals surface area (Å²) in [5.41, 5.74) is 0. The second-order valence-electron chi connectivity index (χ2n) is 12.6. The van der Waals surface area contributed by atoms with E-state index in [1.165, 1.54) is 116 Å². The molecule has 1 unspecified atom stereocenters. The van der Waals surface area contributed by atoms with E-state index in [0.29, 0.717) is 12.8 Å². The highest BCUT2D eigenvalue weighted by molar-refractivity contribution is 7.95. The van der Waals surface area contributed by atoms with Gasteiger partial charge in [0.05, 0.1) is 22.5 Å². The fraction of sp³-hybridized carbons (Fsp3) is 0.943. The predicted octanol–water partition coefficient (Wildman–Crippen LogP) is 10.9. The highest BCUT2D eigenvalue weighted by Crippen LogP contribution is 2.15. The van der Waals surface area contributed by atoms with Gasteiger partial charge in [-0.3, -0.25) is 0 Å². The average molecular weight is 619 g/mol. The Labute approximate surface area is 258 Å². The normalized spacial score (nSPS) is 13.3. The summed E-state index contributed by atoms with van der Waals surface area (Å²) in [4.78, 5) is 0. The van der Waals surface area contributed by atoms with Gasteiger partial charge in [0.2, 0.25) is 0 Å². The summed E-state index contributed by atoms with van der Waals surface area (Å²) >= 11 is 0. The molecule has 0 aliphatic carbocycles. The van der Waals surface area contributed by atoms with Crippen LogP contribution in [-0.4, -0.2) is 39.3 Å². The zero-order valence-electron chi connectivity index (χ0n) is 27.7. The smallest absolute Gasteiger partial charge is 0.153 e. The Morgan fingerprint density at radius 3 is 1.17 bits per heavy atom. The minimum atomic E-state index is -3.36. The van der Waals surface area contributed by atoms with Gasteiger partial charge in [0.1, 0.15) is 0 Å². The van der Waals surface area contributed by atoms with Gasteiger partial charge in [-0.2, -0.15) is 0 Å². The molecule has 246 valence electrons. The molecule has 0 saturated carbocycles. The molecule has 0 saturated heterocycles. The van der Waals surface area contributed by atoms with Crippen LogP contribution < -0.4 is 0 Å². The van der Waals surface area contributed by atoms with E-state index >= 15 is 0 Å². The molecule has 0 aromatic heterocycles. The predicted molar refractivity (Wildman–Crippen MR) is 182 cm³/mol. The van der Waals surface area contributed by atoms with Crippen molar-refractivity contribution in [1.82, 2.24) is 0 Å². The van der Waals surface area contributed by atoms with E-state index in [1.54, 1.807) is 6.92 Å². The molecule has 1 atom stereocenters. The van der Waals surface area contributed by atoms with Crippen LogP contribution in [0.15, 0.2) is 12.2 Å². The molecule has 0 radical (unpaired) electrons. The van der Waals surface area contributed by atoms with Gasteiger partial charge in [-0.25, -0.2) is 16.8 Å². The molecule has 0 spiro atoms. The number of sulfone groups is 2. The Bertz CT molecular complexity index is 787. The Morgan fingerprint density at radius 1 is 0.439 bits per heavy atom. The van der Waals surface area contributed by atoms with Crippen molar-refractivity contribution >= 4 is 19.7 Å². The van der Waals surface area contributed by atoms with E-state index in [1.807, 2.05) is 0 Å². The van der Waals surface area contributed by atoms with Gasteiger partial charge >= 0.3 is 0 Å². The lowest BCUT2D eigenvalue weighted by atomic mass is 10.0. The monoisotopic (exact) mass is 618 g/mol. The van der Waals surface area contributed by atoms with Crippen molar-refractivity contribution < 1.29 is 16.8 Å². The summed E-state index contributed by atoms with van der Waals surface area (Å²) < 4.78 is 50.4. The highest BCUT2D eigenvalue weighted by atomic mass is 32.2. The van der Waals surface area contributed by atoms with Crippen LogP contribution in [0.2, 0.25) is 0 Å². The van der Waals surface area contributed by atoms with Gasteiger partial charge in [-0.05, 0) is 45.4 Å². The Kier molecular flexibility index (Phi) is 28.2. The van der Waals surface area contributed by atoms with Gasteiger partial charge in [-0.1, -0.05) is 154 Å². The van der Waals surface area contributed by atoms with Gasteiger partial charge < -0.3 is 0 Å². The van der Waals surface area contributed by atoms with Gasteiger partial charge in [0, 0.05) is 0 Å². The van der Waals surface area contributed by atoms with Crippen molar-refractivity contribution in [2.45, 2.75) is 193 Å². The van der Waals surface area contributed by atoms with E-state index in [0.717, 1.165) is 38.5 Å². The van der Waals surface area contributed by atoms with Crippen molar-refractivity contribution in [3.63, 3.8) is 0 Å². The maximum Gasteiger partial charge on any atom is 0.153 e. The Morgan fingerprint density at radius 2 is 0.756 bits per heavy atom. The molecular formula is C35H70O4S2. The first-order chi connectivity index (χ1) is 19.7. The van der Waals surface area contributed by atoms with E-state index in [2.05, 4.69) is 26.0 Å². The fourth-order valence-corrected chi connectivity index (χ4v) is 9.45. The SMILES string of the molecule is CCCCCCC=CCCCCCCCCS(=O)(=O)C(C)CS(=O)(=O)CCCCCCCCCCCCCCCC. The molecule has 0 aliphatic heterocycles. The zero-order valence-corrected chi connectivity index (χ0v) is 29.3. The highest BCUT2D eigenvalue weighted by Gasteiger charge is 2.26. The standard InChI is InChI=1S/C35H70O4S2/c1-4-6-8-10-12-14-16-18-20-22-24-26-28-30-32-40(36,37)34-35(3)41(38,39)33-31-29-27-25-23-21-19-17-15-13-11-9-7-5-2/h15,17,35H,4-14,16,18-34H2,1-3H3. The maximum absolute atomic E-state index is 12.7. The number of rotatable bonds is 32. The van der Waals surface area contributed by atoms with Crippen molar-refractivity contribution in [3.8, 4) is 0 Å². The van der Waals surface area contributed by atoms with Crippen molar-refractivity contribution in [2.75, 3.05) is 17.3 Å². The summed E-state index contributed by atoms with van der Waals surface area (Å²) in [7, 11) is -6.68. The first-order valence-electron chi connectivity index (χ1n) is 17.8. The number of allylic oxidation sites excluding steroid dienone is 2. The van der Waals surface area contributed by atoms with Gasteiger partial charge in [0.25, 0.3) is 0 Å². The molecule has 4 nitrogen and oxygen atoms in total. The Hall–Kier alpha value is -0.360. The van der Waals surface area contributed by atoms with Crippen LogP contribution >= 0.6 is 0 Å². The molecule has 41 heavy (non-hydrogen) atoms. The molecule has 0 aromatic carbocycles. The van der Waals surface area contributed by atoms with Crippen molar-refractivity contribution in [1.29, 1.82) is 0 Å². The molecule has 0 rings (SSSR count). The lowest BCUT2D eigenvalue weighted by Gasteiger charge is -2.13. The summed E-state index contributed by atoms with van der Waals surface area (Å²) in [5.74, 6) is 0.0160. The minimum absolute atomic E-state index is 0.114. The van der Waals surface area contributed by atoms with Crippen LogP contribution in [0, 0.1) is 0 Å². The molecule has 0 heterocycles. The van der Waals surface area contributed by atoms with Crippen LogP contribution in [-0.2, 0) is 19.7 Å². The second kappa shape index (κ2) is 28.4. The molecule has 0 fully saturated rings. The molecule has 6 heteroatoms. The van der Waals surface area contributed by atoms with Crippen LogP contribution in [0.3, 0.4) is 0 Å². The quantitative estimate of drug-likeness (QED) is 0.0555. The topological polar surface area (TPSA) is 68.3 Å². The molecular weight excluding hydrogens is 549 g/mol. The molecule has 0 aromatic rings. The molecule has 0 aliphatic rings. The third kappa shape index (κ3) is 28.2. The van der Waals surface area contributed by atoms with Crippen LogP contribution in [0.1, 0.15) is 188 Å². The van der Waals surface area contributed by atoms with Crippen molar-refractivity contribution in [2.24, 2.45) is 0 Å². The average Bonchev–Trinajstić information content (AvgIpc) is 2.93. The zero-order chi connectivity index (χ0) is 30.5. The van der Waals surface area contributed by atoms with E-state index in [-0.39, 0.29) is 17.3 Å². The third-order valence-electron chi connectivity index (χ3n) is 8.35. The minimum Gasteiger partial charge on any atom is -0.229 e. The third-order valence-corrected chi connectivity index (χ3v) is 12.7. The fourth-order valence-electron chi connectivity index (χ4n) is 5.46. The van der Waals surface area contributed by atoms with Crippen LogP contribution in [0.25, 0.3) is 0 Å².